The number of epoxide rings is 1. The van der Waals surface area contributed by atoms with E-state index in [-0.39, 0.29) is 17.6 Å². The van der Waals surface area contributed by atoms with E-state index in [0.717, 1.165) is 42.1 Å². The van der Waals surface area contributed by atoms with Crippen LogP contribution in [0.15, 0.2) is 12.1 Å². The van der Waals surface area contributed by atoms with Crippen molar-refractivity contribution < 1.29 is 9.47 Å². The van der Waals surface area contributed by atoms with Crippen LogP contribution in [0.25, 0.3) is 0 Å². The highest BCUT2D eigenvalue weighted by Crippen LogP contribution is 2.65. The molecule has 1 aliphatic heterocycles. The van der Waals surface area contributed by atoms with Gasteiger partial charge in [-0.25, -0.2) is 0 Å². The summed E-state index contributed by atoms with van der Waals surface area (Å²) in [6, 6.07) is 5.38. The largest absolute Gasteiger partial charge is 0.488 e. The summed E-state index contributed by atoms with van der Waals surface area (Å²) in [5.41, 5.74) is 5.82. The van der Waals surface area contributed by atoms with E-state index in [1.54, 1.807) is 16.7 Å². The second kappa shape index (κ2) is 7.55. The molecule has 1 saturated heterocycles. The average molecular weight is 489 g/mol. The first kappa shape index (κ1) is 22.9. The van der Waals surface area contributed by atoms with Crippen molar-refractivity contribution in [3.05, 3.63) is 28.8 Å². The third-order valence-corrected chi connectivity index (χ3v) is 12.3. The zero-order chi connectivity index (χ0) is 24.4. The summed E-state index contributed by atoms with van der Waals surface area (Å²) in [5.74, 6) is 7.04. The van der Waals surface area contributed by atoms with Gasteiger partial charge >= 0.3 is 0 Å². The van der Waals surface area contributed by atoms with Crippen LogP contribution in [0.3, 0.4) is 0 Å². The first-order valence-corrected chi connectivity index (χ1v) is 15.7. The first-order chi connectivity index (χ1) is 17.2. The lowest BCUT2D eigenvalue weighted by Crippen LogP contribution is -2.50. The zero-order valence-corrected chi connectivity index (χ0v) is 23.3. The van der Waals surface area contributed by atoms with Crippen molar-refractivity contribution in [3.63, 3.8) is 0 Å². The molecule has 9 fully saturated rings. The van der Waals surface area contributed by atoms with E-state index in [0.29, 0.717) is 10.8 Å². The van der Waals surface area contributed by atoms with Crippen molar-refractivity contribution in [3.8, 4) is 5.75 Å². The molecule has 0 spiro atoms. The molecule has 2 atom stereocenters. The molecule has 2 unspecified atom stereocenters. The van der Waals surface area contributed by atoms with Crippen molar-refractivity contribution in [2.24, 2.45) is 35.5 Å². The number of ether oxygens (including phenoxy) is 2. The number of hydrogen-bond acceptors (Lipinski definition) is 2. The Morgan fingerprint density at radius 3 is 1.61 bits per heavy atom. The van der Waals surface area contributed by atoms with Crippen LogP contribution < -0.4 is 4.74 Å². The Balaban J connectivity index is 1.30. The maximum absolute atomic E-state index is 7.07. The van der Waals surface area contributed by atoms with Crippen LogP contribution in [0.5, 0.6) is 5.75 Å². The van der Waals surface area contributed by atoms with Gasteiger partial charge in [-0.1, -0.05) is 26.8 Å². The molecule has 0 N–H and O–H groups in total. The fourth-order valence-electron chi connectivity index (χ4n) is 11.6. The third kappa shape index (κ3) is 3.51. The van der Waals surface area contributed by atoms with Crippen molar-refractivity contribution in [1.82, 2.24) is 0 Å². The lowest BCUT2D eigenvalue weighted by atomic mass is 9.46. The fourth-order valence-corrected chi connectivity index (χ4v) is 11.6. The van der Waals surface area contributed by atoms with Gasteiger partial charge in [-0.3, -0.25) is 0 Å². The topological polar surface area (TPSA) is 21.8 Å². The van der Waals surface area contributed by atoms with E-state index in [1.807, 2.05) is 0 Å². The maximum Gasteiger partial charge on any atom is 0.124 e. The number of rotatable bonds is 5. The molecule has 1 aromatic rings. The summed E-state index contributed by atoms with van der Waals surface area (Å²) >= 11 is 0. The average Bonchev–Trinajstić information content (AvgIpc) is 3.62. The van der Waals surface area contributed by atoms with Gasteiger partial charge in [0.1, 0.15) is 18.0 Å². The van der Waals surface area contributed by atoms with E-state index in [9.17, 15) is 0 Å². The van der Waals surface area contributed by atoms with Crippen LogP contribution in [0, 0.1) is 35.5 Å². The number of hydrogen-bond donors (Lipinski definition) is 0. The molecular formula is C34H48O2. The molecule has 2 nitrogen and oxygen atoms in total. The summed E-state index contributed by atoms with van der Waals surface area (Å²) in [7, 11) is 0. The van der Waals surface area contributed by atoms with Gasteiger partial charge in [0.15, 0.2) is 0 Å². The predicted molar refractivity (Wildman–Crippen MR) is 145 cm³/mol. The Morgan fingerprint density at radius 1 is 0.750 bits per heavy atom. The van der Waals surface area contributed by atoms with E-state index >= 15 is 0 Å². The quantitative estimate of drug-likeness (QED) is 0.391. The van der Waals surface area contributed by atoms with Gasteiger partial charge in [0, 0.05) is 11.0 Å². The molecule has 1 heterocycles. The summed E-state index contributed by atoms with van der Waals surface area (Å²) in [5, 5.41) is 0. The zero-order valence-electron chi connectivity index (χ0n) is 23.3. The van der Waals surface area contributed by atoms with Crippen molar-refractivity contribution >= 4 is 0 Å². The van der Waals surface area contributed by atoms with Gasteiger partial charge in [-0.05, 0) is 148 Å². The minimum Gasteiger partial charge on any atom is -0.488 e. The molecule has 10 rings (SSSR count). The summed E-state index contributed by atoms with van der Waals surface area (Å²) in [4.78, 5) is 0. The molecule has 0 amide bonds. The Labute approximate surface area is 219 Å². The van der Waals surface area contributed by atoms with Gasteiger partial charge in [-0.15, -0.1) is 0 Å². The standard InChI is InChI=1S/C34H48O2/c1-20(30-19-35-30)36-29-12-27(33-13-21-5-22(14-33)7-23(6-21)15-33)11-28(32(2,3)4)31(29)34-16-24-8-25(17-34)10-26(9-24)18-34/h11-12,20-26,30H,5-10,13-19H2,1-4H3. The van der Waals surface area contributed by atoms with E-state index in [1.165, 1.54) is 82.8 Å². The molecule has 8 saturated carbocycles. The molecule has 1 aromatic carbocycles. The van der Waals surface area contributed by atoms with E-state index in [4.69, 9.17) is 9.47 Å². The molecule has 0 radical (unpaired) electrons. The molecule has 36 heavy (non-hydrogen) atoms. The molecule has 0 aromatic heterocycles. The lowest BCUT2D eigenvalue weighted by Gasteiger charge is -2.59. The van der Waals surface area contributed by atoms with Gasteiger partial charge in [0.05, 0.1) is 6.61 Å². The molecule has 8 bridgehead atoms. The third-order valence-electron chi connectivity index (χ3n) is 12.3. The van der Waals surface area contributed by atoms with Gasteiger partial charge in [0.2, 0.25) is 0 Å². The SMILES string of the molecule is CC(Oc1cc(C23CC4CC(CC(C4)C2)C3)cc(C(C)(C)C)c1C12CC3CC(CC(C3)C1)C2)C1CO1. The number of benzene rings is 1. The van der Waals surface area contributed by atoms with Crippen LogP contribution in [-0.4, -0.2) is 18.8 Å². The minimum absolute atomic E-state index is 0.133. The fraction of sp³-hybridized carbons (Fsp3) is 0.824. The van der Waals surface area contributed by atoms with Crippen molar-refractivity contribution in [2.45, 2.75) is 133 Å². The van der Waals surface area contributed by atoms with Crippen LogP contribution in [0.2, 0.25) is 0 Å². The minimum atomic E-state index is 0.133. The Hall–Kier alpha value is -1.02. The van der Waals surface area contributed by atoms with Crippen LogP contribution in [0.1, 0.15) is 121 Å². The maximum atomic E-state index is 7.07. The second-order valence-corrected chi connectivity index (χ2v) is 16.2. The first-order valence-electron chi connectivity index (χ1n) is 15.7. The van der Waals surface area contributed by atoms with E-state index < -0.39 is 0 Å². The van der Waals surface area contributed by atoms with E-state index in [2.05, 4.69) is 39.8 Å². The Morgan fingerprint density at radius 2 is 1.19 bits per heavy atom. The van der Waals surface area contributed by atoms with Crippen LogP contribution in [0.4, 0.5) is 0 Å². The highest BCUT2D eigenvalue weighted by atomic mass is 16.6. The second-order valence-electron chi connectivity index (χ2n) is 16.2. The summed E-state index contributed by atoms with van der Waals surface area (Å²) in [6.45, 7) is 10.6. The molecule has 9 aliphatic rings. The predicted octanol–water partition coefficient (Wildman–Crippen LogP) is 8.09. The van der Waals surface area contributed by atoms with Crippen molar-refractivity contribution in [2.75, 3.05) is 6.61 Å². The Kier molecular flexibility index (Phi) is 4.80. The van der Waals surface area contributed by atoms with Gasteiger partial charge < -0.3 is 9.47 Å². The monoisotopic (exact) mass is 488 g/mol. The van der Waals surface area contributed by atoms with Crippen LogP contribution in [-0.2, 0) is 21.0 Å². The van der Waals surface area contributed by atoms with Gasteiger partial charge in [0.25, 0.3) is 0 Å². The summed E-state index contributed by atoms with van der Waals surface area (Å²) in [6.07, 6.45) is 18.0. The Bertz CT molecular complexity index is 985. The highest BCUT2D eigenvalue weighted by molar-refractivity contribution is 5.54. The normalized spacial score (nSPS) is 46.8. The molecular weight excluding hydrogens is 440 g/mol. The molecule has 8 aliphatic carbocycles. The highest BCUT2D eigenvalue weighted by Gasteiger charge is 2.56. The van der Waals surface area contributed by atoms with Gasteiger partial charge in [-0.2, -0.15) is 0 Å². The molecule has 2 heteroatoms. The van der Waals surface area contributed by atoms with Crippen molar-refractivity contribution in [1.29, 1.82) is 0 Å². The molecule has 196 valence electrons. The van der Waals surface area contributed by atoms with Crippen LogP contribution >= 0.6 is 0 Å². The lowest BCUT2D eigenvalue weighted by molar-refractivity contribution is -0.00928. The summed E-state index contributed by atoms with van der Waals surface area (Å²) < 4.78 is 12.8. The smallest absolute Gasteiger partial charge is 0.124 e.